The van der Waals surface area contributed by atoms with Gasteiger partial charge in [-0.2, -0.15) is 0 Å². The molecule has 1 fully saturated rings. The molecule has 1 saturated heterocycles. The molecule has 0 bridgehead atoms. The number of ether oxygens (including phenoxy) is 1. The Morgan fingerprint density at radius 1 is 1.35 bits per heavy atom. The second-order valence-electron chi connectivity index (χ2n) is 5.71. The quantitative estimate of drug-likeness (QED) is 0.528. The Morgan fingerprint density at radius 2 is 2.12 bits per heavy atom. The largest absolute Gasteiger partial charge is 0.383 e. The molecule has 2 atom stereocenters. The number of thioether (sulfide) groups is 1. The molecule has 146 valence electrons. The molecule has 6 nitrogen and oxygen atoms in total. The molecule has 26 heavy (non-hydrogen) atoms. The highest BCUT2D eigenvalue weighted by Gasteiger charge is 2.32. The summed E-state index contributed by atoms with van der Waals surface area (Å²) in [5.41, 5.74) is 0.514. The molecule has 9 heteroatoms. The molecule has 1 aromatic carbocycles. The second kappa shape index (κ2) is 12.1. The van der Waals surface area contributed by atoms with Crippen molar-refractivity contribution in [2.24, 2.45) is 0 Å². The van der Waals surface area contributed by atoms with Gasteiger partial charge in [0.15, 0.2) is 0 Å². The highest BCUT2D eigenvalue weighted by Crippen LogP contribution is 2.23. The van der Waals surface area contributed by atoms with Crippen LogP contribution < -0.4 is 16.0 Å². The van der Waals surface area contributed by atoms with Crippen LogP contribution >= 0.6 is 24.2 Å². The first-order valence-electron chi connectivity index (χ1n) is 8.24. The Bertz CT molecular complexity index is 594. The molecule has 2 rings (SSSR count). The summed E-state index contributed by atoms with van der Waals surface area (Å²) in [7, 11) is 1.63. The number of benzene rings is 1. The van der Waals surface area contributed by atoms with Crippen molar-refractivity contribution in [2.45, 2.75) is 17.7 Å². The average Bonchev–Trinajstić information content (AvgIpc) is 2.61. The summed E-state index contributed by atoms with van der Waals surface area (Å²) in [6, 6.07) is 5.89. The van der Waals surface area contributed by atoms with Gasteiger partial charge in [-0.3, -0.25) is 9.59 Å². The minimum atomic E-state index is -0.548. The van der Waals surface area contributed by atoms with Gasteiger partial charge in [0, 0.05) is 32.5 Å². The molecule has 3 N–H and O–H groups in total. The molecular formula is C17H25ClFN3O3S. The van der Waals surface area contributed by atoms with Crippen LogP contribution in [0.5, 0.6) is 0 Å². The van der Waals surface area contributed by atoms with Crippen molar-refractivity contribution >= 4 is 36.0 Å². The second-order valence-corrected chi connectivity index (χ2v) is 6.95. The van der Waals surface area contributed by atoms with Gasteiger partial charge in [0.2, 0.25) is 11.8 Å². The lowest BCUT2D eigenvalue weighted by molar-refractivity contribution is -0.128. The zero-order chi connectivity index (χ0) is 18.1. The Morgan fingerprint density at radius 3 is 2.81 bits per heavy atom. The van der Waals surface area contributed by atoms with E-state index >= 15 is 0 Å². The number of hydrogen-bond donors (Lipinski definition) is 3. The van der Waals surface area contributed by atoms with Gasteiger partial charge < -0.3 is 20.7 Å². The maximum absolute atomic E-state index is 13.7. The molecule has 1 aromatic rings. The lowest BCUT2D eigenvalue weighted by Gasteiger charge is -2.28. The van der Waals surface area contributed by atoms with Gasteiger partial charge in [-0.05, 0) is 18.1 Å². The van der Waals surface area contributed by atoms with Gasteiger partial charge in [0.05, 0.1) is 11.9 Å². The normalized spacial score (nSPS) is 19.4. The summed E-state index contributed by atoms with van der Waals surface area (Å²) < 4.78 is 18.6. The molecule has 1 aliphatic rings. The summed E-state index contributed by atoms with van der Waals surface area (Å²) in [6.07, 6.45) is 0.320. The summed E-state index contributed by atoms with van der Waals surface area (Å²) in [5.74, 6) is -0.248. The Kier molecular flexibility index (Phi) is 10.6. The van der Waals surface area contributed by atoms with Gasteiger partial charge >= 0.3 is 0 Å². The van der Waals surface area contributed by atoms with E-state index in [4.69, 9.17) is 4.74 Å². The van der Waals surface area contributed by atoms with Gasteiger partial charge in [-0.1, -0.05) is 18.2 Å². The average molecular weight is 406 g/mol. The topological polar surface area (TPSA) is 79.5 Å². The number of halogens is 2. The Labute approximate surface area is 163 Å². The minimum Gasteiger partial charge on any atom is -0.383 e. The molecule has 0 aromatic heterocycles. The molecule has 1 heterocycles. The van der Waals surface area contributed by atoms with Crippen LogP contribution in [0.4, 0.5) is 4.39 Å². The fourth-order valence-electron chi connectivity index (χ4n) is 2.45. The van der Waals surface area contributed by atoms with Crippen molar-refractivity contribution in [3.8, 4) is 0 Å². The zero-order valence-electron chi connectivity index (χ0n) is 14.6. The first-order valence-corrected chi connectivity index (χ1v) is 9.29. The third-order valence-corrected chi connectivity index (χ3v) is 5.15. The number of carbonyl (C=O) groups excluding carboxylic acids is 2. The predicted octanol–water partition coefficient (Wildman–Crippen LogP) is 0.742. The maximum atomic E-state index is 13.7. The first-order chi connectivity index (χ1) is 12.1. The van der Waals surface area contributed by atoms with Crippen molar-refractivity contribution in [1.82, 2.24) is 16.0 Å². The lowest BCUT2D eigenvalue weighted by atomic mass is 10.1. The van der Waals surface area contributed by atoms with Crippen molar-refractivity contribution in [3.63, 3.8) is 0 Å². The van der Waals surface area contributed by atoms with Crippen LogP contribution in [-0.2, 0) is 20.7 Å². The third kappa shape index (κ3) is 7.11. The van der Waals surface area contributed by atoms with Gasteiger partial charge in [-0.15, -0.1) is 24.2 Å². The minimum absolute atomic E-state index is 0. The SMILES string of the molecule is COCCNCCNC(=O)C1CSC(Cc2ccccc2F)C(=O)N1.Cl. The Balaban J connectivity index is 0.00000338. The van der Waals surface area contributed by atoms with Crippen LogP contribution in [-0.4, -0.2) is 62.2 Å². The van der Waals surface area contributed by atoms with Crippen LogP contribution in [0.15, 0.2) is 24.3 Å². The number of amides is 2. The van der Waals surface area contributed by atoms with Crippen molar-refractivity contribution < 1.29 is 18.7 Å². The molecular weight excluding hydrogens is 381 g/mol. The molecule has 0 radical (unpaired) electrons. The highest BCUT2D eigenvalue weighted by molar-refractivity contribution is 8.00. The van der Waals surface area contributed by atoms with Gasteiger partial charge in [0.25, 0.3) is 0 Å². The van der Waals surface area contributed by atoms with E-state index in [1.807, 2.05) is 0 Å². The third-order valence-electron chi connectivity index (χ3n) is 3.84. The summed E-state index contributed by atoms with van der Waals surface area (Å²) in [6.45, 7) is 2.46. The maximum Gasteiger partial charge on any atom is 0.243 e. The molecule has 0 aliphatic carbocycles. The molecule has 1 aliphatic heterocycles. The Hall–Kier alpha value is -1.35. The summed E-state index contributed by atoms with van der Waals surface area (Å²) in [5, 5.41) is 8.27. The van der Waals surface area contributed by atoms with Crippen molar-refractivity contribution in [1.29, 1.82) is 0 Å². The highest BCUT2D eigenvalue weighted by atomic mass is 35.5. The van der Waals surface area contributed by atoms with E-state index in [0.717, 1.165) is 6.54 Å². The predicted molar refractivity (Wildman–Crippen MR) is 103 cm³/mol. The molecule has 0 saturated carbocycles. The van der Waals surface area contributed by atoms with E-state index in [1.54, 1.807) is 25.3 Å². The zero-order valence-corrected chi connectivity index (χ0v) is 16.3. The smallest absolute Gasteiger partial charge is 0.243 e. The monoisotopic (exact) mass is 405 g/mol. The van der Waals surface area contributed by atoms with Crippen molar-refractivity contribution in [2.75, 3.05) is 39.1 Å². The van der Waals surface area contributed by atoms with Crippen LogP contribution in [0.25, 0.3) is 0 Å². The standard InChI is InChI=1S/C17H24FN3O3S.ClH/c1-24-9-8-19-6-7-20-16(22)14-11-25-15(17(23)21-14)10-12-4-2-3-5-13(12)18;/h2-5,14-15,19H,6-11H2,1H3,(H,20,22)(H,21,23);1H. The summed E-state index contributed by atoms with van der Waals surface area (Å²) in [4.78, 5) is 24.3. The van der Waals surface area contributed by atoms with Crippen LogP contribution in [0.3, 0.4) is 0 Å². The van der Waals surface area contributed by atoms with E-state index in [0.29, 0.717) is 37.4 Å². The number of hydrogen-bond acceptors (Lipinski definition) is 5. The number of nitrogens with one attached hydrogen (secondary N) is 3. The fraction of sp³-hybridized carbons (Fsp3) is 0.529. The number of carbonyl (C=O) groups is 2. The van der Waals surface area contributed by atoms with E-state index in [-0.39, 0.29) is 35.3 Å². The number of rotatable bonds is 9. The first kappa shape index (κ1) is 22.7. The van der Waals surface area contributed by atoms with Crippen LogP contribution in [0, 0.1) is 5.82 Å². The van der Waals surface area contributed by atoms with Crippen molar-refractivity contribution in [3.05, 3.63) is 35.6 Å². The van der Waals surface area contributed by atoms with E-state index in [9.17, 15) is 14.0 Å². The lowest BCUT2D eigenvalue weighted by Crippen LogP contribution is -2.55. The molecule has 0 spiro atoms. The van der Waals surface area contributed by atoms with Crippen LogP contribution in [0.1, 0.15) is 5.56 Å². The molecule has 2 unspecified atom stereocenters. The van der Waals surface area contributed by atoms with Gasteiger partial charge in [0.1, 0.15) is 11.9 Å². The van der Waals surface area contributed by atoms with Gasteiger partial charge in [-0.25, -0.2) is 4.39 Å². The van der Waals surface area contributed by atoms with E-state index in [2.05, 4.69) is 16.0 Å². The van der Waals surface area contributed by atoms with E-state index < -0.39 is 6.04 Å². The van der Waals surface area contributed by atoms with E-state index in [1.165, 1.54) is 17.8 Å². The fourth-order valence-corrected chi connectivity index (χ4v) is 3.62. The molecule has 2 amide bonds. The summed E-state index contributed by atoms with van der Waals surface area (Å²) >= 11 is 1.39. The van der Waals surface area contributed by atoms with Crippen LogP contribution in [0.2, 0.25) is 0 Å². The number of methoxy groups -OCH3 is 1.